The van der Waals surface area contributed by atoms with E-state index in [-0.39, 0.29) is 0 Å². The molecule has 0 amide bonds. The van der Waals surface area contributed by atoms with Crippen molar-refractivity contribution in [1.29, 1.82) is 0 Å². The first kappa shape index (κ1) is 13.1. The van der Waals surface area contributed by atoms with E-state index in [9.17, 15) is 0 Å². The predicted octanol–water partition coefficient (Wildman–Crippen LogP) is 2.20. The number of ether oxygens (including phenoxy) is 1. The molecule has 2 heterocycles. The second-order valence-corrected chi connectivity index (χ2v) is 5.97. The molecule has 3 heteroatoms. The van der Waals surface area contributed by atoms with Gasteiger partial charge in [-0.25, -0.2) is 0 Å². The predicted molar refractivity (Wildman–Crippen MR) is 77.2 cm³/mol. The van der Waals surface area contributed by atoms with Crippen molar-refractivity contribution >= 4 is 0 Å². The van der Waals surface area contributed by atoms with Gasteiger partial charge in [0.1, 0.15) is 0 Å². The van der Waals surface area contributed by atoms with Crippen LogP contribution in [-0.2, 0) is 4.74 Å². The first-order valence-corrected chi connectivity index (χ1v) is 7.39. The lowest BCUT2D eigenvalue weighted by Crippen LogP contribution is -2.57. The van der Waals surface area contributed by atoms with Crippen molar-refractivity contribution in [2.75, 3.05) is 32.8 Å². The lowest BCUT2D eigenvalue weighted by Gasteiger charge is -2.47. The van der Waals surface area contributed by atoms with Gasteiger partial charge in [-0.1, -0.05) is 30.3 Å². The fraction of sp³-hybridized carbons (Fsp3) is 0.625. The number of nitrogens with one attached hydrogen (secondary N) is 1. The second kappa shape index (κ2) is 5.61. The van der Waals surface area contributed by atoms with Crippen molar-refractivity contribution in [3.63, 3.8) is 0 Å². The molecule has 1 aromatic carbocycles. The number of benzene rings is 1. The summed E-state index contributed by atoms with van der Waals surface area (Å²) >= 11 is 0. The molecule has 1 aromatic rings. The van der Waals surface area contributed by atoms with Crippen LogP contribution in [0.2, 0.25) is 0 Å². The van der Waals surface area contributed by atoms with Gasteiger partial charge in [-0.15, -0.1) is 0 Å². The number of hydrogen-bond donors (Lipinski definition) is 1. The lowest BCUT2D eigenvalue weighted by atomic mass is 9.88. The van der Waals surface area contributed by atoms with E-state index in [1.807, 2.05) is 0 Å². The van der Waals surface area contributed by atoms with Crippen molar-refractivity contribution in [1.82, 2.24) is 10.2 Å². The lowest BCUT2D eigenvalue weighted by molar-refractivity contribution is -0.0301. The Morgan fingerprint density at radius 3 is 2.68 bits per heavy atom. The Balaban J connectivity index is 1.71. The third-order valence-electron chi connectivity index (χ3n) is 4.71. The standard InChI is InChI=1S/C16H24N2O/c1-16(7-11-19-12-8-16)18-10-9-17-15(13-18)14-5-3-2-4-6-14/h2-6,15,17H,7-13H2,1H3. The molecule has 1 unspecified atom stereocenters. The summed E-state index contributed by atoms with van der Waals surface area (Å²) in [5.74, 6) is 0. The summed E-state index contributed by atoms with van der Waals surface area (Å²) in [7, 11) is 0. The zero-order chi connectivity index (χ0) is 13.1. The molecule has 0 bridgehead atoms. The average molecular weight is 260 g/mol. The normalized spacial score (nSPS) is 28.2. The SMILES string of the molecule is CC1(N2CCNC(c3ccccc3)C2)CCOCC1. The van der Waals surface area contributed by atoms with Crippen LogP contribution < -0.4 is 5.32 Å². The van der Waals surface area contributed by atoms with Crippen LogP contribution in [-0.4, -0.2) is 43.3 Å². The van der Waals surface area contributed by atoms with Crippen molar-refractivity contribution in [3.05, 3.63) is 35.9 Å². The highest BCUT2D eigenvalue weighted by Crippen LogP contribution is 2.30. The number of rotatable bonds is 2. The van der Waals surface area contributed by atoms with E-state index in [1.165, 1.54) is 5.56 Å². The van der Waals surface area contributed by atoms with Gasteiger partial charge in [-0.05, 0) is 25.3 Å². The fourth-order valence-electron chi connectivity index (χ4n) is 3.28. The highest BCUT2D eigenvalue weighted by atomic mass is 16.5. The highest BCUT2D eigenvalue weighted by Gasteiger charge is 2.36. The summed E-state index contributed by atoms with van der Waals surface area (Å²) in [6.07, 6.45) is 2.32. The van der Waals surface area contributed by atoms with Crippen LogP contribution in [0.15, 0.2) is 30.3 Å². The van der Waals surface area contributed by atoms with Crippen LogP contribution in [0.5, 0.6) is 0 Å². The van der Waals surface area contributed by atoms with Crippen LogP contribution in [0.25, 0.3) is 0 Å². The van der Waals surface area contributed by atoms with Crippen molar-refractivity contribution in [2.45, 2.75) is 31.3 Å². The maximum Gasteiger partial charge on any atom is 0.0483 e. The maximum absolute atomic E-state index is 5.52. The fourth-order valence-corrected chi connectivity index (χ4v) is 3.28. The molecular formula is C16H24N2O. The van der Waals surface area contributed by atoms with Gasteiger partial charge in [-0.2, -0.15) is 0 Å². The minimum absolute atomic E-state index is 0.327. The number of nitrogens with zero attached hydrogens (tertiary/aromatic N) is 1. The Morgan fingerprint density at radius 1 is 1.21 bits per heavy atom. The van der Waals surface area contributed by atoms with E-state index in [0.717, 1.165) is 45.7 Å². The largest absolute Gasteiger partial charge is 0.381 e. The first-order valence-electron chi connectivity index (χ1n) is 7.39. The van der Waals surface area contributed by atoms with Crippen LogP contribution in [0.1, 0.15) is 31.4 Å². The zero-order valence-electron chi connectivity index (χ0n) is 11.8. The van der Waals surface area contributed by atoms with E-state index in [1.54, 1.807) is 0 Å². The highest BCUT2D eigenvalue weighted by molar-refractivity contribution is 5.20. The van der Waals surface area contributed by atoms with Crippen molar-refractivity contribution in [2.24, 2.45) is 0 Å². The minimum Gasteiger partial charge on any atom is -0.381 e. The Kier molecular flexibility index (Phi) is 3.87. The summed E-state index contributed by atoms with van der Waals surface area (Å²) in [5.41, 5.74) is 1.73. The molecule has 0 radical (unpaired) electrons. The molecule has 19 heavy (non-hydrogen) atoms. The molecule has 0 saturated carbocycles. The van der Waals surface area contributed by atoms with Crippen molar-refractivity contribution < 1.29 is 4.74 Å². The summed E-state index contributed by atoms with van der Waals surface area (Å²) in [4.78, 5) is 2.67. The average Bonchev–Trinajstić information content (AvgIpc) is 2.49. The zero-order valence-corrected chi connectivity index (χ0v) is 11.8. The van der Waals surface area contributed by atoms with Crippen LogP contribution in [0, 0.1) is 0 Å². The molecule has 104 valence electrons. The molecule has 0 aromatic heterocycles. The van der Waals surface area contributed by atoms with E-state index in [2.05, 4.69) is 47.5 Å². The maximum atomic E-state index is 5.52. The van der Waals surface area contributed by atoms with Crippen LogP contribution in [0.4, 0.5) is 0 Å². The third kappa shape index (κ3) is 2.83. The monoisotopic (exact) mass is 260 g/mol. The number of piperazine rings is 1. The third-order valence-corrected chi connectivity index (χ3v) is 4.71. The Morgan fingerprint density at radius 2 is 1.95 bits per heavy atom. The molecule has 2 aliphatic rings. The summed E-state index contributed by atoms with van der Waals surface area (Å²) in [5, 5.41) is 3.65. The molecule has 2 aliphatic heterocycles. The summed E-state index contributed by atoms with van der Waals surface area (Å²) in [6.45, 7) is 7.58. The smallest absolute Gasteiger partial charge is 0.0483 e. The quantitative estimate of drug-likeness (QED) is 0.882. The van der Waals surface area contributed by atoms with Crippen molar-refractivity contribution in [3.8, 4) is 0 Å². The summed E-state index contributed by atoms with van der Waals surface area (Å²) < 4.78 is 5.52. The minimum atomic E-state index is 0.327. The first-order chi connectivity index (χ1) is 9.28. The Hall–Kier alpha value is -0.900. The van der Waals surface area contributed by atoms with Gasteiger partial charge in [0.2, 0.25) is 0 Å². The molecule has 2 fully saturated rings. The molecule has 1 N–H and O–H groups in total. The Labute approximate surface area is 115 Å². The van der Waals surface area contributed by atoms with Gasteiger partial charge in [0.25, 0.3) is 0 Å². The van der Waals surface area contributed by atoms with Gasteiger partial charge in [-0.3, -0.25) is 4.90 Å². The molecule has 2 saturated heterocycles. The van der Waals surface area contributed by atoms with E-state index >= 15 is 0 Å². The number of hydrogen-bond acceptors (Lipinski definition) is 3. The van der Waals surface area contributed by atoms with Crippen LogP contribution >= 0.6 is 0 Å². The van der Waals surface area contributed by atoms with Gasteiger partial charge in [0.05, 0.1) is 0 Å². The van der Waals surface area contributed by atoms with E-state index < -0.39 is 0 Å². The molecule has 3 rings (SSSR count). The molecule has 0 aliphatic carbocycles. The molecule has 0 spiro atoms. The van der Waals surface area contributed by atoms with Gasteiger partial charge < -0.3 is 10.1 Å². The van der Waals surface area contributed by atoms with Crippen LogP contribution in [0.3, 0.4) is 0 Å². The van der Waals surface area contributed by atoms with Gasteiger partial charge >= 0.3 is 0 Å². The molecule has 1 atom stereocenters. The van der Waals surface area contributed by atoms with E-state index in [0.29, 0.717) is 11.6 Å². The topological polar surface area (TPSA) is 24.5 Å². The molecule has 3 nitrogen and oxygen atoms in total. The van der Waals surface area contributed by atoms with E-state index in [4.69, 9.17) is 4.74 Å². The van der Waals surface area contributed by atoms with Gasteiger partial charge in [0.15, 0.2) is 0 Å². The second-order valence-electron chi connectivity index (χ2n) is 5.97. The molecular weight excluding hydrogens is 236 g/mol. The van der Waals surface area contributed by atoms with Gasteiger partial charge in [0, 0.05) is 44.4 Å². The summed E-state index contributed by atoms with van der Waals surface area (Å²) in [6, 6.07) is 11.3. The Bertz CT molecular complexity index is 400.